The lowest BCUT2D eigenvalue weighted by Crippen LogP contribution is -1.94. The average molecular weight is 810 g/mol. The Hall–Kier alpha value is -8.06. The van der Waals surface area contributed by atoms with Crippen LogP contribution in [0.15, 0.2) is 213 Å². The molecule has 0 amide bonds. The minimum Gasteiger partial charge on any atom is -0.309 e. The molecule has 62 heavy (non-hydrogen) atoms. The molecule has 0 atom stereocenters. The number of fused-ring (bicyclic) bond motifs is 6. The van der Waals surface area contributed by atoms with E-state index in [1.165, 1.54) is 30.9 Å². The van der Waals surface area contributed by atoms with Crippen LogP contribution in [-0.2, 0) is 0 Å². The largest absolute Gasteiger partial charge is 0.309 e. The molecule has 0 unspecified atom stereocenters. The maximum atomic E-state index is 4.80. The van der Waals surface area contributed by atoms with Gasteiger partial charge in [0.15, 0.2) is 0 Å². The lowest BCUT2D eigenvalue weighted by atomic mass is 9.94. The van der Waals surface area contributed by atoms with Crippen LogP contribution in [0, 0.1) is 0 Å². The molecule has 0 aliphatic heterocycles. The number of nitrogens with zero attached hydrogens (tertiary/aromatic N) is 5. The third kappa shape index (κ3) is 6.08. The highest BCUT2D eigenvalue weighted by Gasteiger charge is 2.20. The zero-order chi connectivity index (χ0) is 41.0. The van der Waals surface area contributed by atoms with Crippen LogP contribution < -0.4 is 0 Å². The Kier molecular flexibility index (Phi) is 8.61. The topological polar surface area (TPSA) is 56.5 Å². The van der Waals surface area contributed by atoms with E-state index in [1.54, 1.807) is 0 Å². The summed E-state index contributed by atoms with van der Waals surface area (Å²) < 4.78 is 4.88. The van der Waals surface area contributed by atoms with Crippen molar-refractivity contribution in [3.63, 3.8) is 0 Å². The Morgan fingerprint density at radius 3 is 1.23 bits per heavy atom. The van der Waals surface area contributed by atoms with Crippen LogP contribution >= 0.6 is 11.3 Å². The molecule has 6 heteroatoms. The summed E-state index contributed by atoms with van der Waals surface area (Å²) in [5.41, 5.74) is 16.1. The second kappa shape index (κ2) is 14.9. The molecule has 0 fully saturated rings. The second-order valence-corrected chi connectivity index (χ2v) is 16.5. The molecule has 290 valence electrons. The third-order valence-electron chi connectivity index (χ3n) is 11.9. The summed E-state index contributed by atoms with van der Waals surface area (Å²) in [5, 5.41) is 4.77. The zero-order valence-electron chi connectivity index (χ0n) is 33.4. The molecule has 12 rings (SSSR count). The fourth-order valence-corrected chi connectivity index (χ4v) is 10.1. The Morgan fingerprint density at radius 1 is 0.306 bits per heavy atom. The minimum atomic E-state index is 0.925. The van der Waals surface area contributed by atoms with Crippen molar-refractivity contribution >= 4 is 53.3 Å². The van der Waals surface area contributed by atoms with Crippen molar-refractivity contribution in [2.75, 3.05) is 0 Å². The Bertz CT molecular complexity index is 3480. The van der Waals surface area contributed by atoms with Crippen molar-refractivity contribution in [1.29, 1.82) is 0 Å². The van der Waals surface area contributed by atoms with Gasteiger partial charge in [0.2, 0.25) is 0 Å². The number of hydrogen-bond acceptors (Lipinski definition) is 5. The van der Waals surface area contributed by atoms with Gasteiger partial charge in [-0.2, -0.15) is 0 Å². The molecule has 6 aromatic carbocycles. The average Bonchev–Trinajstić information content (AvgIpc) is 3.88. The first-order valence-corrected chi connectivity index (χ1v) is 21.5. The maximum Gasteiger partial charge on any atom is 0.0709 e. The van der Waals surface area contributed by atoms with Gasteiger partial charge in [0.05, 0.1) is 33.8 Å². The molecule has 0 spiro atoms. The Morgan fingerprint density at radius 2 is 0.742 bits per heavy atom. The molecule has 0 saturated heterocycles. The van der Waals surface area contributed by atoms with E-state index in [4.69, 9.17) is 19.9 Å². The van der Waals surface area contributed by atoms with Crippen molar-refractivity contribution in [3.05, 3.63) is 213 Å². The fraction of sp³-hybridized carbons (Fsp3) is 0. The van der Waals surface area contributed by atoms with Crippen molar-refractivity contribution in [3.8, 4) is 73.0 Å². The summed E-state index contributed by atoms with van der Waals surface area (Å²) >= 11 is 1.82. The van der Waals surface area contributed by atoms with E-state index >= 15 is 0 Å². The van der Waals surface area contributed by atoms with Crippen molar-refractivity contribution < 1.29 is 0 Å². The summed E-state index contributed by atoms with van der Waals surface area (Å²) in [6.07, 6.45) is 7.44. The highest BCUT2D eigenvalue weighted by molar-refractivity contribution is 7.25. The lowest BCUT2D eigenvalue weighted by Gasteiger charge is -2.12. The summed E-state index contributed by atoms with van der Waals surface area (Å²) in [7, 11) is 0. The van der Waals surface area contributed by atoms with E-state index in [-0.39, 0.29) is 0 Å². The van der Waals surface area contributed by atoms with Gasteiger partial charge < -0.3 is 4.57 Å². The highest BCUT2D eigenvalue weighted by atomic mass is 32.1. The van der Waals surface area contributed by atoms with Crippen LogP contribution in [0.1, 0.15) is 0 Å². The molecular weight excluding hydrogens is 775 g/mol. The van der Waals surface area contributed by atoms with E-state index < -0.39 is 0 Å². The first kappa shape index (κ1) is 35.8. The molecule has 0 aliphatic carbocycles. The summed E-state index contributed by atoms with van der Waals surface area (Å²) in [4.78, 5) is 19.0. The Balaban J connectivity index is 1.09. The summed E-state index contributed by atoms with van der Waals surface area (Å²) in [6.45, 7) is 0. The van der Waals surface area contributed by atoms with Crippen molar-refractivity contribution in [1.82, 2.24) is 24.5 Å². The minimum absolute atomic E-state index is 0.925. The molecular formula is C56H35N5S. The number of benzene rings is 6. The third-order valence-corrected chi connectivity index (χ3v) is 13.0. The number of thiophene rings is 1. The standard InChI is InChI=1S/C56H35N5S/c1-3-15-41(49-17-5-9-27-57-49)39(13-1)36-21-24-53-45(31-36)46-32-37(40-14-2-4-16-42(40)50-18-6-10-28-58-50)22-25-54(46)61(53)38-23-26-55-47(33-38)48-34-43(51-19-7-11-29-59-51)44(35-56(48)62-55)52-20-8-12-30-60-52/h1-35H. The molecule has 0 bridgehead atoms. The van der Waals surface area contributed by atoms with Gasteiger partial charge in [0.1, 0.15) is 0 Å². The van der Waals surface area contributed by atoms with Gasteiger partial charge >= 0.3 is 0 Å². The monoisotopic (exact) mass is 809 g/mol. The zero-order valence-corrected chi connectivity index (χ0v) is 34.2. The normalized spacial score (nSPS) is 11.5. The quantitative estimate of drug-likeness (QED) is 0.161. The predicted molar refractivity (Wildman–Crippen MR) is 257 cm³/mol. The van der Waals surface area contributed by atoms with Crippen molar-refractivity contribution in [2.24, 2.45) is 0 Å². The lowest BCUT2D eigenvalue weighted by molar-refractivity contribution is 1.19. The van der Waals surface area contributed by atoms with Gasteiger partial charge in [-0.3, -0.25) is 19.9 Å². The number of pyridine rings is 4. The van der Waals surface area contributed by atoms with Gasteiger partial charge in [-0.25, -0.2) is 0 Å². The van der Waals surface area contributed by atoms with Crippen LogP contribution in [0.5, 0.6) is 0 Å². The van der Waals surface area contributed by atoms with Crippen LogP contribution in [0.2, 0.25) is 0 Å². The number of hydrogen-bond donors (Lipinski definition) is 0. The SMILES string of the molecule is c1ccc(-c2ccccc2-c2ccc3c(c2)c2cc(-c4ccccc4-c4ccccn4)ccc2n3-c2ccc3sc4cc(-c5ccccn5)c(-c5ccccn5)cc4c3c2)nc1. The van der Waals surface area contributed by atoms with Gasteiger partial charge in [0.25, 0.3) is 0 Å². The molecule has 0 N–H and O–H groups in total. The van der Waals surface area contributed by atoms with Crippen LogP contribution in [0.25, 0.3) is 115 Å². The predicted octanol–water partition coefficient (Wildman–Crippen LogP) is 14.7. The number of aromatic nitrogens is 5. The van der Waals surface area contributed by atoms with Crippen molar-refractivity contribution in [2.45, 2.75) is 0 Å². The molecule has 12 aromatic rings. The maximum absolute atomic E-state index is 4.80. The van der Waals surface area contributed by atoms with Crippen LogP contribution in [0.3, 0.4) is 0 Å². The first-order valence-electron chi connectivity index (χ1n) is 20.7. The summed E-state index contributed by atoms with van der Waals surface area (Å²) in [5.74, 6) is 0. The Labute approximate surface area is 361 Å². The number of rotatable bonds is 7. The van der Waals surface area contributed by atoms with E-state index in [0.717, 1.165) is 84.0 Å². The molecule has 5 nitrogen and oxygen atoms in total. The van der Waals surface area contributed by atoms with E-state index in [0.29, 0.717) is 0 Å². The van der Waals surface area contributed by atoms with E-state index in [1.807, 2.05) is 84.7 Å². The second-order valence-electron chi connectivity index (χ2n) is 15.4. The van der Waals surface area contributed by atoms with Crippen LogP contribution in [-0.4, -0.2) is 24.5 Å². The highest BCUT2D eigenvalue weighted by Crippen LogP contribution is 2.44. The molecule has 0 saturated carbocycles. The van der Waals surface area contributed by atoms with Crippen LogP contribution in [0.4, 0.5) is 0 Å². The summed E-state index contributed by atoms with van der Waals surface area (Å²) in [6, 6.07) is 66.8. The van der Waals surface area contributed by atoms with Gasteiger partial charge in [0, 0.05) is 83.7 Å². The molecule has 0 aliphatic rings. The molecule has 6 aromatic heterocycles. The molecule has 0 radical (unpaired) electrons. The first-order chi connectivity index (χ1) is 30.7. The van der Waals surface area contributed by atoms with Gasteiger partial charge in [-0.15, -0.1) is 11.3 Å². The van der Waals surface area contributed by atoms with E-state index in [9.17, 15) is 0 Å². The van der Waals surface area contributed by atoms with Gasteiger partial charge in [-0.1, -0.05) is 84.9 Å². The molecule has 6 heterocycles. The van der Waals surface area contributed by atoms with E-state index in [2.05, 4.69) is 144 Å². The van der Waals surface area contributed by atoms with Gasteiger partial charge in [-0.05, 0) is 125 Å². The fourth-order valence-electron chi connectivity index (χ4n) is 9.01. The smallest absolute Gasteiger partial charge is 0.0709 e.